The monoisotopic (exact) mass is 329 g/mol. The van der Waals surface area contributed by atoms with Crippen molar-refractivity contribution >= 4 is 23.1 Å². The highest BCUT2D eigenvalue weighted by Crippen LogP contribution is 2.32. The van der Waals surface area contributed by atoms with Gasteiger partial charge in [0.05, 0.1) is 18.1 Å². The molecular weight excluding hydrogens is 314 g/mol. The minimum absolute atomic E-state index is 0.120. The molecule has 1 aliphatic rings. The van der Waals surface area contributed by atoms with Crippen LogP contribution < -0.4 is 20.1 Å². The van der Waals surface area contributed by atoms with Gasteiger partial charge < -0.3 is 20.1 Å². The van der Waals surface area contributed by atoms with E-state index in [4.69, 9.17) is 9.47 Å². The van der Waals surface area contributed by atoms with Crippen molar-refractivity contribution in [3.05, 3.63) is 52.6 Å². The molecule has 1 heterocycles. The van der Waals surface area contributed by atoms with Crippen LogP contribution in [0.2, 0.25) is 0 Å². The Hall–Kier alpha value is -3.29. The molecule has 0 bridgehead atoms. The van der Waals surface area contributed by atoms with E-state index < -0.39 is 11.0 Å². The first-order chi connectivity index (χ1) is 11.6. The molecule has 2 amide bonds. The maximum absolute atomic E-state index is 12.1. The first-order valence-corrected chi connectivity index (χ1v) is 7.34. The SMILES string of the molecule is O=C(Nc1ccc2c(c1)OCCCO2)Nc1ccccc1[N+](=O)[O-]. The van der Waals surface area contributed by atoms with Crippen LogP contribution in [-0.4, -0.2) is 24.2 Å². The third-order valence-electron chi connectivity index (χ3n) is 3.35. The van der Waals surface area contributed by atoms with Gasteiger partial charge in [-0.2, -0.15) is 0 Å². The number of carbonyl (C=O) groups is 1. The quantitative estimate of drug-likeness (QED) is 0.663. The Balaban J connectivity index is 1.72. The molecule has 0 atom stereocenters. The maximum atomic E-state index is 12.1. The molecular formula is C16H15N3O5. The Kier molecular flexibility index (Phi) is 4.46. The summed E-state index contributed by atoms with van der Waals surface area (Å²) in [5, 5.41) is 16.0. The van der Waals surface area contributed by atoms with Crippen LogP contribution in [0.25, 0.3) is 0 Å². The van der Waals surface area contributed by atoms with E-state index in [-0.39, 0.29) is 11.4 Å². The number of nitro groups is 1. The predicted molar refractivity (Wildman–Crippen MR) is 87.8 cm³/mol. The van der Waals surface area contributed by atoms with Crippen LogP contribution >= 0.6 is 0 Å². The lowest BCUT2D eigenvalue weighted by molar-refractivity contribution is -0.383. The van der Waals surface area contributed by atoms with Gasteiger partial charge in [0.15, 0.2) is 11.5 Å². The van der Waals surface area contributed by atoms with Crippen LogP contribution in [-0.2, 0) is 0 Å². The molecule has 0 radical (unpaired) electrons. The molecule has 1 aliphatic heterocycles. The number of para-hydroxylation sites is 2. The Bertz CT molecular complexity index is 778. The molecule has 8 nitrogen and oxygen atoms in total. The molecule has 0 spiro atoms. The van der Waals surface area contributed by atoms with E-state index in [1.807, 2.05) is 0 Å². The van der Waals surface area contributed by atoms with E-state index in [0.717, 1.165) is 6.42 Å². The average Bonchev–Trinajstić information content (AvgIpc) is 2.80. The Labute approximate surface area is 137 Å². The number of nitro benzene ring substituents is 1. The third-order valence-corrected chi connectivity index (χ3v) is 3.35. The highest BCUT2D eigenvalue weighted by Gasteiger charge is 2.16. The molecule has 3 rings (SSSR count). The van der Waals surface area contributed by atoms with Crippen LogP contribution in [0.1, 0.15) is 6.42 Å². The molecule has 24 heavy (non-hydrogen) atoms. The van der Waals surface area contributed by atoms with Gasteiger partial charge in [-0.3, -0.25) is 10.1 Å². The van der Waals surface area contributed by atoms with E-state index in [2.05, 4.69) is 10.6 Å². The summed E-state index contributed by atoms with van der Waals surface area (Å²) >= 11 is 0. The first-order valence-electron chi connectivity index (χ1n) is 7.34. The average molecular weight is 329 g/mol. The second-order valence-corrected chi connectivity index (χ2v) is 5.07. The number of rotatable bonds is 3. The van der Waals surface area contributed by atoms with E-state index in [0.29, 0.717) is 30.4 Å². The van der Waals surface area contributed by atoms with Crippen molar-refractivity contribution in [2.75, 3.05) is 23.8 Å². The van der Waals surface area contributed by atoms with Crippen molar-refractivity contribution in [3.8, 4) is 11.5 Å². The van der Waals surface area contributed by atoms with Gasteiger partial charge in [-0.15, -0.1) is 0 Å². The number of hydrogen-bond donors (Lipinski definition) is 2. The zero-order valence-electron chi connectivity index (χ0n) is 12.7. The lowest BCUT2D eigenvalue weighted by Gasteiger charge is -2.11. The van der Waals surface area contributed by atoms with E-state index in [1.165, 1.54) is 18.2 Å². The topological polar surface area (TPSA) is 103 Å². The zero-order valence-corrected chi connectivity index (χ0v) is 12.7. The lowest BCUT2D eigenvalue weighted by Crippen LogP contribution is -2.20. The summed E-state index contributed by atoms with van der Waals surface area (Å²) < 4.78 is 11.1. The lowest BCUT2D eigenvalue weighted by atomic mass is 10.2. The maximum Gasteiger partial charge on any atom is 0.323 e. The highest BCUT2D eigenvalue weighted by molar-refractivity contribution is 6.01. The first kappa shape index (κ1) is 15.6. The van der Waals surface area contributed by atoms with Crippen LogP contribution in [0.15, 0.2) is 42.5 Å². The number of nitrogens with zero attached hydrogens (tertiary/aromatic N) is 1. The summed E-state index contributed by atoms with van der Waals surface area (Å²) in [4.78, 5) is 22.5. The van der Waals surface area contributed by atoms with Gasteiger partial charge in [-0.25, -0.2) is 4.79 Å². The fraction of sp³-hybridized carbons (Fsp3) is 0.188. The Morgan fingerprint density at radius 3 is 2.58 bits per heavy atom. The van der Waals surface area contributed by atoms with Crippen molar-refractivity contribution in [1.82, 2.24) is 0 Å². The third kappa shape index (κ3) is 3.54. The smallest absolute Gasteiger partial charge is 0.323 e. The molecule has 0 saturated heterocycles. The van der Waals surface area contributed by atoms with Crippen molar-refractivity contribution in [1.29, 1.82) is 0 Å². The number of anilines is 2. The summed E-state index contributed by atoms with van der Waals surface area (Å²) in [6, 6.07) is 10.4. The summed E-state index contributed by atoms with van der Waals surface area (Å²) in [6.45, 7) is 1.12. The number of nitrogens with one attached hydrogen (secondary N) is 2. The summed E-state index contributed by atoms with van der Waals surface area (Å²) in [6.07, 6.45) is 0.787. The second-order valence-electron chi connectivity index (χ2n) is 5.07. The zero-order chi connectivity index (χ0) is 16.9. The van der Waals surface area contributed by atoms with Crippen LogP contribution in [0.3, 0.4) is 0 Å². The van der Waals surface area contributed by atoms with Gasteiger partial charge >= 0.3 is 6.03 Å². The number of hydrogen-bond acceptors (Lipinski definition) is 5. The number of fused-ring (bicyclic) bond motifs is 1. The van der Waals surface area contributed by atoms with Gasteiger partial charge in [0, 0.05) is 24.2 Å². The van der Waals surface area contributed by atoms with Crippen molar-refractivity contribution in [3.63, 3.8) is 0 Å². The van der Waals surface area contributed by atoms with Gasteiger partial charge in [-0.05, 0) is 18.2 Å². The number of carbonyl (C=O) groups excluding carboxylic acids is 1. The fourth-order valence-electron chi connectivity index (χ4n) is 2.26. The molecule has 8 heteroatoms. The van der Waals surface area contributed by atoms with Crippen LogP contribution in [0, 0.1) is 10.1 Å². The minimum atomic E-state index is -0.584. The number of benzene rings is 2. The van der Waals surface area contributed by atoms with Crippen molar-refractivity contribution in [2.24, 2.45) is 0 Å². The molecule has 0 fully saturated rings. The van der Waals surface area contributed by atoms with Crippen molar-refractivity contribution in [2.45, 2.75) is 6.42 Å². The molecule has 0 saturated carbocycles. The standard InChI is InChI=1S/C16H15N3O5/c20-16(18-12-4-1-2-5-13(12)19(21)22)17-11-6-7-14-15(10-11)24-9-3-8-23-14/h1-2,4-7,10H,3,8-9H2,(H2,17,18,20). The predicted octanol–water partition coefficient (Wildman–Crippen LogP) is 3.40. The molecule has 0 aromatic heterocycles. The summed E-state index contributed by atoms with van der Waals surface area (Å²) in [7, 11) is 0. The summed E-state index contributed by atoms with van der Waals surface area (Å²) in [5.74, 6) is 1.17. The number of ether oxygens (including phenoxy) is 2. The number of amides is 2. The number of urea groups is 1. The van der Waals surface area contributed by atoms with E-state index in [1.54, 1.807) is 24.3 Å². The summed E-state index contributed by atoms with van der Waals surface area (Å²) in [5.41, 5.74) is 0.441. The van der Waals surface area contributed by atoms with E-state index >= 15 is 0 Å². The van der Waals surface area contributed by atoms with Gasteiger partial charge in [0.25, 0.3) is 5.69 Å². The largest absolute Gasteiger partial charge is 0.490 e. The molecule has 0 aliphatic carbocycles. The normalized spacial score (nSPS) is 12.8. The highest BCUT2D eigenvalue weighted by atomic mass is 16.6. The van der Waals surface area contributed by atoms with Gasteiger partial charge in [-0.1, -0.05) is 12.1 Å². The molecule has 2 aromatic rings. The Morgan fingerprint density at radius 1 is 1.04 bits per heavy atom. The van der Waals surface area contributed by atoms with Crippen LogP contribution in [0.4, 0.5) is 21.9 Å². The Morgan fingerprint density at radius 2 is 1.79 bits per heavy atom. The molecule has 2 N–H and O–H groups in total. The van der Waals surface area contributed by atoms with Gasteiger partial charge in [0.1, 0.15) is 5.69 Å². The van der Waals surface area contributed by atoms with Crippen LogP contribution in [0.5, 0.6) is 11.5 Å². The molecule has 2 aromatic carbocycles. The molecule has 124 valence electrons. The van der Waals surface area contributed by atoms with Gasteiger partial charge in [0.2, 0.25) is 0 Å². The van der Waals surface area contributed by atoms with E-state index in [9.17, 15) is 14.9 Å². The minimum Gasteiger partial charge on any atom is -0.490 e. The fourth-order valence-corrected chi connectivity index (χ4v) is 2.26. The molecule has 0 unspecified atom stereocenters. The van der Waals surface area contributed by atoms with Crippen molar-refractivity contribution < 1.29 is 19.2 Å². The second kappa shape index (κ2) is 6.86.